The minimum absolute atomic E-state index is 0. The van der Waals surface area contributed by atoms with Crippen LogP contribution in [0, 0.1) is 24.3 Å². The fourth-order valence-corrected chi connectivity index (χ4v) is 9.35. The second-order valence-electron chi connectivity index (χ2n) is 16.9. The molecule has 0 spiro atoms. The Kier molecular flexibility index (Phi) is 13.8. The van der Waals surface area contributed by atoms with E-state index in [1.54, 1.807) is 16.4 Å². The normalized spacial score (nSPS) is 13.4. The largest absolute Gasteiger partial charge is 1.00 e. The van der Waals surface area contributed by atoms with E-state index in [2.05, 4.69) is 148 Å². The Hall–Kier alpha value is -2.44. The predicted octanol–water partition coefficient (Wildman–Crippen LogP) is 6.42. The van der Waals surface area contributed by atoms with Gasteiger partial charge in [0, 0.05) is 0 Å². The van der Waals surface area contributed by atoms with E-state index in [-0.39, 0.29) is 35.6 Å². The van der Waals surface area contributed by atoms with Crippen molar-refractivity contribution < 1.29 is 49.5 Å². The van der Waals surface area contributed by atoms with Crippen LogP contribution < -0.4 is 35.3 Å². The molecule has 6 rings (SSSR count). The SMILES string of the molecule is CCCCC(CCCC)=c1c(C(C)(C)C)c(-c2ccc(C)cc2)c(C2=CC=CC2)c2c1=c1cc(C(C)(C)C)c(-c3ccc(C)cc3)cc1=[C]2[Zr+2].[Cl-].[Cl-]. The van der Waals surface area contributed by atoms with Gasteiger partial charge in [0.15, 0.2) is 0 Å². The second-order valence-corrected chi connectivity index (χ2v) is 18.2. The number of aryl methyl sites for hydroxylation is 2. The van der Waals surface area contributed by atoms with Gasteiger partial charge < -0.3 is 24.8 Å². The molecule has 0 saturated heterocycles. The maximum absolute atomic E-state index is 2.63. The Morgan fingerprint density at radius 2 is 1.23 bits per heavy atom. The van der Waals surface area contributed by atoms with Crippen molar-refractivity contribution in [1.29, 1.82) is 0 Å². The molecule has 2 aliphatic rings. The molecule has 0 heterocycles. The van der Waals surface area contributed by atoms with Gasteiger partial charge in [0.1, 0.15) is 0 Å². The summed E-state index contributed by atoms with van der Waals surface area (Å²) in [5.41, 5.74) is 17.2. The van der Waals surface area contributed by atoms with Gasteiger partial charge in [-0.3, -0.25) is 0 Å². The van der Waals surface area contributed by atoms with Crippen molar-refractivity contribution in [1.82, 2.24) is 0 Å². The molecular weight excluding hydrogens is 751 g/mol. The molecule has 0 aromatic heterocycles. The molecule has 4 aromatic carbocycles. The van der Waals surface area contributed by atoms with Crippen LogP contribution in [0.4, 0.5) is 0 Å². The van der Waals surface area contributed by atoms with Crippen molar-refractivity contribution in [3.8, 4) is 22.3 Å². The second kappa shape index (κ2) is 16.9. The molecule has 0 bridgehead atoms. The molecule has 271 valence electrons. The zero-order valence-corrected chi connectivity index (χ0v) is 37.2. The summed E-state index contributed by atoms with van der Waals surface area (Å²) in [4.78, 5) is 0. The van der Waals surface area contributed by atoms with Crippen molar-refractivity contribution in [3.63, 3.8) is 0 Å². The molecule has 0 atom stereocenters. The zero-order valence-electron chi connectivity index (χ0n) is 33.2. The molecule has 0 amide bonds. The van der Waals surface area contributed by atoms with Gasteiger partial charge in [-0.25, -0.2) is 0 Å². The number of hydrogen-bond acceptors (Lipinski definition) is 0. The molecular formula is C49H57Cl2Zr. The van der Waals surface area contributed by atoms with E-state index in [0.29, 0.717) is 0 Å². The summed E-state index contributed by atoms with van der Waals surface area (Å²) in [6.07, 6.45) is 15.2. The van der Waals surface area contributed by atoms with E-state index in [4.69, 9.17) is 0 Å². The smallest absolute Gasteiger partial charge is 1.00 e. The van der Waals surface area contributed by atoms with Gasteiger partial charge in [0.25, 0.3) is 0 Å². The van der Waals surface area contributed by atoms with Crippen molar-refractivity contribution >= 4 is 14.4 Å². The predicted molar refractivity (Wildman–Crippen MR) is 214 cm³/mol. The average molecular weight is 808 g/mol. The maximum atomic E-state index is 2.63. The summed E-state index contributed by atoms with van der Waals surface area (Å²) in [5.74, 6) is 0. The van der Waals surface area contributed by atoms with Gasteiger partial charge in [-0.1, -0.05) is 0 Å². The van der Waals surface area contributed by atoms with Gasteiger partial charge in [-0.2, -0.15) is 0 Å². The van der Waals surface area contributed by atoms with E-state index in [1.165, 1.54) is 138 Å². The van der Waals surface area contributed by atoms with Crippen molar-refractivity contribution in [2.45, 2.75) is 125 Å². The molecule has 0 fully saturated rings. The standard InChI is InChI=1S/C49H57.2ClH.Zr/c1-11-13-17-36(18-14-12-2)45-46-40-31-42(48(5,6)7)39(34-25-21-32(3)22-26-34)29-38(40)30-41(46)43(35-19-15-16-20-35)44(47(45)49(8,9)10)37-27-23-33(4)24-28-37;;;/h15-16,19,21-29,31H,11-14,17-18,20H2,1-10H3;2*1H;/q;;;+2/p-2. The van der Waals surface area contributed by atoms with Gasteiger partial charge in [0.2, 0.25) is 0 Å². The van der Waals surface area contributed by atoms with Crippen LogP contribution in [-0.2, 0) is 35.5 Å². The molecule has 52 heavy (non-hydrogen) atoms. The Labute approximate surface area is 342 Å². The van der Waals surface area contributed by atoms with Crippen LogP contribution in [0.5, 0.6) is 0 Å². The van der Waals surface area contributed by atoms with Gasteiger partial charge >= 0.3 is 320 Å². The molecule has 3 heteroatoms. The quantitative estimate of drug-likeness (QED) is 0.184. The number of halogens is 2. The molecule has 0 unspecified atom stereocenters. The van der Waals surface area contributed by atoms with E-state index >= 15 is 0 Å². The van der Waals surface area contributed by atoms with E-state index in [9.17, 15) is 0 Å². The Balaban J connectivity index is 0.00000302. The van der Waals surface area contributed by atoms with Crippen LogP contribution in [-0.4, -0.2) is 0 Å². The minimum Gasteiger partial charge on any atom is -1.00 e. The third-order valence-corrected chi connectivity index (χ3v) is 12.1. The van der Waals surface area contributed by atoms with Crippen molar-refractivity contribution in [2.24, 2.45) is 0 Å². The summed E-state index contributed by atoms with van der Waals surface area (Å²) in [7, 11) is 0. The average Bonchev–Trinajstić information content (AvgIpc) is 3.70. The summed E-state index contributed by atoms with van der Waals surface area (Å²) in [6.45, 7) is 23.7. The van der Waals surface area contributed by atoms with Gasteiger partial charge in [-0.15, -0.1) is 0 Å². The number of unbranched alkanes of at least 4 members (excludes halogenated alkanes) is 2. The third-order valence-electron chi connectivity index (χ3n) is 10.8. The number of allylic oxidation sites excluding steroid dienone is 4. The maximum Gasteiger partial charge on any atom is -1.00 e. The van der Waals surface area contributed by atoms with Crippen LogP contribution in [0.1, 0.15) is 134 Å². The molecule has 0 nitrogen and oxygen atoms in total. The van der Waals surface area contributed by atoms with Crippen LogP contribution in [0.25, 0.3) is 36.7 Å². The summed E-state index contributed by atoms with van der Waals surface area (Å²) < 4.78 is 1.51. The summed E-state index contributed by atoms with van der Waals surface area (Å²) in [5, 5.41) is 6.00. The molecule has 0 N–H and O–H groups in total. The monoisotopic (exact) mass is 805 g/mol. The van der Waals surface area contributed by atoms with E-state index in [1.807, 2.05) is 0 Å². The number of benzene rings is 4. The van der Waals surface area contributed by atoms with Crippen molar-refractivity contribution in [3.05, 3.63) is 133 Å². The first-order valence-electron chi connectivity index (χ1n) is 19.1. The number of rotatable bonds is 9. The summed E-state index contributed by atoms with van der Waals surface area (Å²) in [6, 6.07) is 23.9. The number of hydrogen-bond donors (Lipinski definition) is 0. The van der Waals surface area contributed by atoms with Gasteiger partial charge in [-0.05, 0) is 0 Å². The topological polar surface area (TPSA) is 0 Å². The molecule has 2 aliphatic carbocycles. The molecule has 4 aromatic rings. The summed E-state index contributed by atoms with van der Waals surface area (Å²) >= 11 is 1.49. The van der Waals surface area contributed by atoms with Crippen molar-refractivity contribution in [2.75, 3.05) is 0 Å². The van der Waals surface area contributed by atoms with Crippen LogP contribution >= 0.6 is 0 Å². The van der Waals surface area contributed by atoms with Crippen LogP contribution in [0.2, 0.25) is 0 Å². The third kappa shape index (κ3) is 8.14. The molecule has 0 saturated carbocycles. The van der Waals surface area contributed by atoms with Crippen LogP contribution in [0.15, 0.2) is 78.9 Å². The fraction of sp³-hybridized carbons (Fsp3) is 0.388. The molecule has 0 radical (unpaired) electrons. The molecule has 0 aliphatic heterocycles. The Morgan fingerprint density at radius 1 is 0.673 bits per heavy atom. The first kappa shape index (κ1) is 42.3. The van der Waals surface area contributed by atoms with E-state index < -0.39 is 0 Å². The minimum atomic E-state index is -0.0611. The van der Waals surface area contributed by atoms with E-state index in [0.717, 1.165) is 6.42 Å². The zero-order chi connectivity index (χ0) is 36.0. The number of fused-ring (bicyclic) bond motifs is 2. The van der Waals surface area contributed by atoms with Crippen LogP contribution in [0.3, 0.4) is 0 Å². The Bertz CT molecular complexity index is 2210. The van der Waals surface area contributed by atoms with Gasteiger partial charge in [0.05, 0.1) is 0 Å². The fourth-order valence-electron chi connectivity index (χ4n) is 8.23. The first-order valence-corrected chi connectivity index (χ1v) is 20.4. The Morgan fingerprint density at radius 3 is 1.71 bits per heavy atom. The first-order chi connectivity index (χ1) is 23.8.